The summed E-state index contributed by atoms with van der Waals surface area (Å²) in [5.41, 5.74) is 1.06. The number of hydrogen-bond acceptors (Lipinski definition) is 5. The van der Waals surface area contributed by atoms with E-state index in [1.54, 1.807) is 62.6 Å². The summed E-state index contributed by atoms with van der Waals surface area (Å²) < 4.78 is 6.15. The molecule has 3 rings (SSSR count). The number of rotatable bonds is 6. The molecule has 2 amide bonds. The molecule has 0 radical (unpaired) electrons. The normalized spacial score (nSPS) is 11.5. The van der Waals surface area contributed by atoms with Gasteiger partial charge in [-0.1, -0.05) is 23.7 Å². The smallest absolute Gasteiger partial charge is 0.291 e. The molecular formula is C22H21ClN4O4. The number of benzene rings is 2. The van der Waals surface area contributed by atoms with Crippen molar-refractivity contribution >= 4 is 34.8 Å². The molecule has 1 unspecified atom stereocenters. The molecule has 0 aliphatic heterocycles. The van der Waals surface area contributed by atoms with E-state index < -0.39 is 23.4 Å². The van der Waals surface area contributed by atoms with Crippen LogP contribution in [0.3, 0.4) is 0 Å². The van der Waals surface area contributed by atoms with E-state index in [1.165, 1.54) is 13.0 Å². The number of hydrogen-bond donors (Lipinski definition) is 2. The maximum Gasteiger partial charge on any atom is 0.291 e. The Morgan fingerprint density at radius 3 is 2.29 bits per heavy atom. The number of nitrogens with zero attached hydrogens (tertiary/aromatic N) is 2. The number of methoxy groups -OCH3 is 1. The van der Waals surface area contributed by atoms with Crippen LogP contribution < -0.4 is 20.9 Å². The van der Waals surface area contributed by atoms with Gasteiger partial charge in [0.15, 0.2) is 0 Å². The summed E-state index contributed by atoms with van der Waals surface area (Å²) in [6, 6.07) is 14.2. The minimum atomic E-state index is -0.950. The molecule has 0 aliphatic carbocycles. The molecule has 160 valence electrons. The van der Waals surface area contributed by atoms with Crippen molar-refractivity contribution in [2.45, 2.75) is 19.9 Å². The fourth-order valence-electron chi connectivity index (χ4n) is 2.85. The van der Waals surface area contributed by atoms with Gasteiger partial charge in [-0.15, -0.1) is 0 Å². The van der Waals surface area contributed by atoms with Gasteiger partial charge >= 0.3 is 0 Å². The molecule has 1 aromatic heterocycles. The zero-order valence-corrected chi connectivity index (χ0v) is 17.9. The Balaban J connectivity index is 1.97. The summed E-state index contributed by atoms with van der Waals surface area (Å²) in [5.74, 6) is -0.200. The van der Waals surface area contributed by atoms with Crippen LogP contribution in [0, 0.1) is 0 Å². The number of carbonyl (C=O) groups is 2. The third-order valence-corrected chi connectivity index (χ3v) is 4.74. The lowest BCUT2D eigenvalue weighted by Crippen LogP contribution is -2.35. The average molecular weight is 441 g/mol. The number of ether oxygens (including phenoxy) is 1. The van der Waals surface area contributed by atoms with Crippen LogP contribution in [0.2, 0.25) is 5.02 Å². The van der Waals surface area contributed by atoms with Gasteiger partial charge in [-0.05, 0) is 49.4 Å². The Morgan fingerprint density at radius 1 is 1.06 bits per heavy atom. The van der Waals surface area contributed by atoms with Gasteiger partial charge in [0.25, 0.3) is 5.56 Å². The first-order valence-electron chi connectivity index (χ1n) is 9.41. The van der Waals surface area contributed by atoms with Gasteiger partial charge < -0.3 is 15.4 Å². The molecule has 0 aliphatic rings. The molecule has 1 atom stereocenters. The van der Waals surface area contributed by atoms with E-state index in [-0.39, 0.29) is 5.69 Å². The average Bonchev–Trinajstić information content (AvgIpc) is 2.75. The van der Waals surface area contributed by atoms with E-state index in [2.05, 4.69) is 15.7 Å². The van der Waals surface area contributed by atoms with E-state index >= 15 is 0 Å². The highest BCUT2D eigenvalue weighted by Crippen LogP contribution is 2.22. The van der Waals surface area contributed by atoms with Gasteiger partial charge in [0.1, 0.15) is 17.5 Å². The Labute approximate surface area is 183 Å². The molecule has 1 heterocycles. The number of anilines is 2. The predicted molar refractivity (Wildman–Crippen MR) is 120 cm³/mol. The predicted octanol–water partition coefficient (Wildman–Crippen LogP) is 3.73. The second kappa shape index (κ2) is 9.44. The number of nitrogens with one attached hydrogen (secondary N) is 2. The van der Waals surface area contributed by atoms with Gasteiger partial charge in [-0.3, -0.25) is 14.4 Å². The number of halogens is 1. The first kappa shape index (κ1) is 22.0. The lowest BCUT2D eigenvalue weighted by Gasteiger charge is -2.17. The number of amides is 2. The van der Waals surface area contributed by atoms with Crippen LogP contribution in [-0.2, 0) is 9.59 Å². The highest BCUT2D eigenvalue weighted by molar-refractivity contribution is 6.30. The van der Waals surface area contributed by atoms with Crippen molar-refractivity contribution in [3.8, 4) is 17.0 Å². The molecule has 0 bridgehead atoms. The lowest BCUT2D eigenvalue weighted by molar-refractivity contribution is -0.119. The van der Waals surface area contributed by atoms with Gasteiger partial charge in [0.2, 0.25) is 11.8 Å². The van der Waals surface area contributed by atoms with Crippen LogP contribution in [0.4, 0.5) is 11.4 Å². The number of aromatic nitrogens is 2. The SMILES string of the molecule is COc1ccc(NC(=O)C(C)n2nc(-c3ccc(Cl)cc3)cc(NC(C)=O)c2=O)cc1. The summed E-state index contributed by atoms with van der Waals surface area (Å²) in [6.45, 7) is 2.85. The Bertz CT molecular complexity index is 1160. The van der Waals surface area contributed by atoms with Gasteiger partial charge in [0.05, 0.1) is 12.8 Å². The standard InChI is InChI=1S/C22H21ClN4O4/c1-13(21(29)25-17-8-10-18(31-3)11-9-17)27-22(30)20(24-14(2)28)12-19(26-27)15-4-6-16(23)7-5-15/h4-13H,1-3H3,(H,24,28)(H,25,29). The molecule has 3 aromatic rings. The van der Waals surface area contributed by atoms with E-state index in [4.69, 9.17) is 16.3 Å². The summed E-state index contributed by atoms with van der Waals surface area (Å²) in [5, 5.41) is 10.2. The van der Waals surface area contributed by atoms with Crippen molar-refractivity contribution in [2.75, 3.05) is 17.7 Å². The largest absolute Gasteiger partial charge is 0.497 e. The van der Waals surface area contributed by atoms with Crippen LogP contribution in [0.25, 0.3) is 11.3 Å². The Morgan fingerprint density at radius 2 is 1.71 bits per heavy atom. The van der Waals surface area contributed by atoms with Crippen LogP contribution in [0.15, 0.2) is 59.4 Å². The summed E-state index contributed by atoms with van der Waals surface area (Å²) in [6.07, 6.45) is 0. The van der Waals surface area contributed by atoms with E-state index in [9.17, 15) is 14.4 Å². The maximum atomic E-state index is 12.9. The molecule has 2 aromatic carbocycles. The topological polar surface area (TPSA) is 102 Å². The van der Waals surface area contributed by atoms with Crippen molar-refractivity contribution in [1.82, 2.24) is 9.78 Å². The second-order valence-electron chi connectivity index (χ2n) is 6.77. The van der Waals surface area contributed by atoms with Crippen molar-refractivity contribution in [3.63, 3.8) is 0 Å². The summed E-state index contributed by atoms with van der Waals surface area (Å²) in [4.78, 5) is 37.3. The highest BCUT2D eigenvalue weighted by atomic mass is 35.5. The molecule has 0 fully saturated rings. The first-order valence-corrected chi connectivity index (χ1v) is 9.78. The molecule has 8 nitrogen and oxygen atoms in total. The monoisotopic (exact) mass is 440 g/mol. The molecule has 31 heavy (non-hydrogen) atoms. The summed E-state index contributed by atoms with van der Waals surface area (Å²) in [7, 11) is 1.55. The molecule has 0 saturated heterocycles. The zero-order chi connectivity index (χ0) is 22.5. The molecular weight excluding hydrogens is 420 g/mol. The summed E-state index contributed by atoms with van der Waals surface area (Å²) >= 11 is 5.95. The fourth-order valence-corrected chi connectivity index (χ4v) is 2.97. The first-order chi connectivity index (χ1) is 14.8. The van der Waals surface area contributed by atoms with Gasteiger partial charge in [0, 0.05) is 23.2 Å². The van der Waals surface area contributed by atoms with Crippen molar-refractivity contribution < 1.29 is 14.3 Å². The highest BCUT2D eigenvalue weighted by Gasteiger charge is 2.21. The molecule has 0 spiro atoms. The van der Waals surface area contributed by atoms with Crippen LogP contribution in [0.5, 0.6) is 5.75 Å². The van der Waals surface area contributed by atoms with E-state index in [0.29, 0.717) is 27.7 Å². The van der Waals surface area contributed by atoms with Crippen molar-refractivity contribution in [1.29, 1.82) is 0 Å². The lowest BCUT2D eigenvalue weighted by atomic mass is 10.1. The second-order valence-corrected chi connectivity index (χ2v) is 7.21. The van der Waals surface area contributed by atoms with E-state index in [0.717, 1.165) is 4.68 Å². The van der Waals surface area contributed by atoms with Crippen LogP contribution in [-0.4, -0.2) is 28.7 Å². The Hall–Kier alpha value is -3.65. The molecule has 0 saturated carbocycles. The Kier molecular flexibility index (Phi) is 6.71. The zero-order valence-electron chi connectivity index (χ0n) is 17.2. The van der Waals surface area contributed by atoms with Crippen LogP contribution >= 0.6 is 11.6 Å². The van der Waals surface area contributed by atoms with E-state index in [1.807, 2.05) is 0 Å². The van der Waals surface area contributed by atoms with Gasteiger partial charge in [-0.25, -0.2) is 4.68 Å². The minimum Gasteiger partial charge on any atom is -0.497 e. The fraction of sp³-hybridized carbons (Fsp3) is 0.182. The third kappa shape index (κ3) is 5.29. The molecule has 9 heteroatoms. The third-order valence-electron chi connectivity index (χ3n) is 4.49. The molecule has 2 N–H and O–H groups in total. The minimum absolute atomic E-state index is 0.0246. The van der Waals surface area contributed by atoms with Crippen molar-refractivity contribution in [3.05, 3.63) is 70.0 Å². The number of carbonyl (C=O) groups excluding carboxylic acids is 2. The van der Waals surface area contributed by atoms with Crippen LogP contribution in [0.1, 0.15) is 19.9 Å². The van der Waals surface area contributed by atoms with Crippen molar-refractivity contribution in [2.24, 2.45) is 0 Å². The maximum absolute atomic E-state index is 12.9. The quantitative estimate of drug-likeness (QED) is 0.608. The van der Waals surface area contributed by atoms with Gasteiger partial charge in [-0.2, -0.15) is 5.10 Å².